The lowest BCUT2D eigenvalue weighted by molar-refractivity contribution is -0.140. The topological polar surface area (TPSA) is 96.0 Å². The highest BCUT2D eigenvalue weighted by Gasteiger charge is 2.47. The Balaban J connectivity index is 1.28. The van der Waals surface area contributed by atoms with Gasteiger partial charge in [0.05, 0.1) is 24.2 Å². The molecular formula is C40H38O7. The molecule has 0 N–H and O–H groups in total. The summed E-state index contributed by atoms with van der Waals surface area (Å²) in [5.41, 5.74) is 4.79. The zero-order valence-electron chi connectivity index (χ0n) is 26.3. The monoisotopic (exact) mass is 630 g/mol. The summed E-state index contributed by atoms with van der Waals surface area (Å²) in [5.74, 6) is -2.32. The molecule has 0 heterocycles. The summed E-state index contributed by atoms with van der Waals surface area (Å²) in [6.45, 7) is 0. The standard InChI is InChI=1S/C40H38O7/c1-45-38(42)17-11-3-2-10-16-34-35(27-41)37(47-40(44)33-24-20-31(21-25-33)29-14-8-5-9-15-29)26-36(34)46-39(43)32-22-18-30(19-23-32)28-12-6-4-7-13-28/h2-9,12-15,18-25,27,34-37H,10-11,16-17,26H2,1H3/t34-,35+,36+,37-/m1/s1. The van der Waals surface area contributed by atoms with Gasteiger partial charge in [-0.25, -0.2) is 9.59 Å². The van der Waals surface area contributed by atoms with Crippen LogP contribution < -0.4 is 0 Å². The molecule has 47 heavy (non-hydrogen) atoms. The third kappa shape index (κ3) is 8.70. The van der Waals surface area contributed by atoms with Gasteiger partial charge in [-0.15, -0.1) is 0 Å². The van der Waals surface area contributed by atoms with Gasteiger partial charge in [0.25, 0.3) is 0 Å². The predicted molar refractivity (Wildman–Crippen MR) is 179 cm³/mol. The van der Waals surface area contributed by atoms with Crippen molar-refractivity contribution in [1.29, 1.82) is 0 Å². The van der Waals surface area contributed by atoms with Crippen LogP contribution in [0.4, 0.5) is 0 Å². The minimum Gasteiger partial charge on any atom is -0.469 e. The molecule has 0 bridgehead atoms. The molecule has 0 saturated heterocycles. The van der Waals surface area contributed by atoms with E-state index in [1.165, 1.54) is 7.11 Å². The van der Waals surface area contributed by atoms with E-state index in [-0.39, 0.29) is 24.7 Å². The lowest BCUT2D eigenvalue weighted by Gasteiger charge is -2.22. The Bertz CT molecular complexity index is 1660. The number of benzene rings is 4. The summed E-state index contributed by atoms with van der Waals surface area (Å²) < 4.78 is 16.6. The van der Waals surface area contributed by atoms with Crippen molar-refractivity contribution in [2.24, 2.45) is 11.8 Å². The van der Waals surface area contributed by atoms with E-state index in [0.29, 0.717) is 30.4 Å². The van der Waals surface area contributed by atoms with Crippen LogP contribution in [-0.4, -0.2) is 43.5 Å². The summed E-state index contributed by atoms with van der Waals surface area (Å²) in [7, 11) is 1.35. The average Bonchev–Trinajstić information content (AvgIpc) is 3.44. The van der Waals surface area contributed by atoms with Crippen LogP contribution in [0.5, 0.6) is 0 Å². The van der Waals surface area contributed by atoms with Gasteiger partial charge < -0.3 is 19.0 Å². The van der Waals surface area contributed by atoms with E-state index in [4.69, 9.17) is 9.47 Å². The van der Waals surface area contributed by atoms with E-state index in [2.05, 4.69) is 4.74 Å². The van der Waals surface area contributed by atoms with E-state index < -0.39 is 30.1 Å². The molecule has 5 rings (SSSR count). The molecule has 0 aromatic heterocycles. The van der Waals surface area contributed by atoms with Crippen LogP contribution in [0.2, 0.25) is 0 Å². The SMILES string of the molecule is COC(=O)CCC=CCC[C@@H]1[C@H](C=O)[C@H](OC(=O)c2ccc(-c3ccccc3)cc2)C[C@@H]1OC(=O)c1ccc(-c2ccccc2)cc1. The summed E-state index contributed by atoms with van der Waals surface area (Å²) >= 11 is 0. The molecule has 7 heteroatoms. The number of carbonyl (C=O) groups excluding carboxylic acids is 4. The number of methoxy groups -OCH3 is 1. The maximum Gasteiger partial charge on any atom is 0.338 e. The zero-order chi connectivity index (χ0) is 33.0. The van der Waals surface area contributed by atoms with Crippen LogP contribution in [0.1, 0.15) is 52.8 Å². The van der Waals surface area contributed by atoms with E-state index in [1.807, 2.05) is 97.1 Å². The highest BCUT2D eigenvalue weighted by atomic mass is 16.6. The highest BCUT2D eigenvalue weighted by Crippen LogP contribution is 2.39. The third-order valence-electron chi connectivity index (χ3n) is 8.57. The second-order valence-electron chi connectivity index (χ2n) is 11.6. The van der Waals surface area contributed by atoms with E-state index in [0.717, 1.165) is 28.5 Å². The van der Waals surface area contributed by atoms with Crippen molar-refractivity contribution in [2.45, 2.75) is 44.3 Å². The molecule has 0 amide bonds. The fourth-order valence-electron chi connectivity index (χ4n) is 6.01. The lowest BCUT2D eigenvalue weighted by atomic mass is 9.90. The summed E-state index contributed by atoms with van der Waals surface area (Å²) in [4.78, 5) is 50.4. The molecule has 7 nitrogen and oxygen atoms in total. The number of allylic oxidation sites excluding steroid dienone is 2. The number of esters is 3. The smallest absolute Gasteiger partial charge is 0.338 e. The van der Waals surface area contributed by atoms with Gasteiger partial charge in [-0.05, 0) is 65.8 Å². The largest absolute Gasteiger partial charge is 0.469 e. The van der Waals surface area contributed by atoms with E-state index >= 15 is 0 Å². The Morgan fingerprint density at radius 3 is 1.60 bits per heavy atom. The Morgan fingerprint density at radius 1 is 0.638 bits per heavy atom. The van der Waals surface area contributed by atoms with E-state index in [9.17, 15) is 19.2 Å². The molecule has 0 radical (unpaired) electrons. The Kier molecular flexibility index (Phi) is 11.5. The van der Waals surface area contributed by atoms with Gasteiger partial charge in [0.2, 0.25) is 0 Å². The van der Waals surface area contributed by atoms with Gasteiger partial charge in [0.15, 0.2) is 0 Å². The summed E-state index contributed by atoms with van der Waals surface area (Å²) in [5, 5.41) is 0. The predicted octanol–water partition coefficient (Wildman–Crippen LogP) is 7.90. The maximum atomic E-state index is 13.3. The van der Waals surface area contributed by atoms with Crippen LogP contribution in [0.15, 0.2) is 121 Å². The second kappa shape index (κ2) is 16.3. The molecule has 1 fully saturated rings. The van der Waals surface area contributed by atoms with Gasteiger partial charge in [-0.2, -0.15) is 0 Å². The third-order valence-corrected chi connectivity index (χ3v) is 8.57. The summed E-state index contributed by atoms with van der Waals surface area (Å²) in [6.07, 6.45) is 5.42. The van der Waals surface area contributed by atoms with Crippen molar-refractivity contribution >= 4 is 24.2 Å². The number of rotatable bonds is 13. The van der Waals surface area contributed by atoms with Gasteiger partial charge in [0.1, 0.15) is 18.5 Å². The first-order chi connectivity index (χ1) is 23.0. The number of ether oxygens (including phenoxy) is 3. The fraction of sp³-hybridized carbons (Fsp3) is 0.250. The van der Waals surface area contributed by atoms with Gasteiger partial charge >= 0.3 is 17.9 Å². The minimum atomic E-state index is -0.750. The average molecular weight is 631 g/mol. The highest BCUT2D eigenvalue weighted by molar-refractivity contribution is 5.91. The first-order valence-corrected chi connectivity index (χ1v) is 15.9. The summed E-state index contributed by atoms with van der Waals surface area (Å²) in [6, 6.07) is 34.1. The quantitative estimate of drug-likeness (QED) is 0.0641. The number of hydrogen-bond acceptors (Lipinski definition) is 7. The Morgan fingerprint density at radius 2 is 1.11 bits per heavy atom. The van der Waals surface area contributed by atoms with Crippen LogP contribution in [-0.2, 0) is 23.8 Å². The van der Waals surface area contributed by atoms with Crippen LogP contribution in [0.25, 0.3) is 22.3 Å². The second-order valence-corrected chi connectivity index (χ2v) is 11.6. The Hall–Kier alpha value is -5.30. The van der Waals surface area contributed by atoms with Gasteiger partial charge in [-0.3, -0.25) is 4.79 Å². The van der Waals surface area contributed by atoms with Gasteiger partial charge in [-0.1, -0.05) is 97.1 Å². The molecule has 240 valence electrons. The van der Waals surface area contributed by atoms with Crippen LogP contribution in [0.3, 0.4) is 0 Å². The van der Waals surface area contributed by atoms with E-state index in [1.54, 1.807) is 24.3 Å². The van der Waals surface area contributed by atoms with Crippen molar-refractivity contribution in [3.8, 4) is 22.3 Å². The van der Waals surface area contributed by atoms with Gasteiger partial charge in [0, 0.05) is 18.8 Å². The van der Waals surface area contributed by atoms with Crippen molar-refractivity contribution in [3.05, 3.63) is 132 Å². The molecule has 0 aliphatic heterocycles. The normalized spacial score (nSPS) is 18.8. The van der Waals surface area contributed by atoms with Crippen molar-refractivity contribution in [3.63, 3.8) is 0 Å². The molecule has 4 aromatic rings. The first kappa shape index (κ1) is 33.1. The molecule has 4 atom stereocenters. The fourth-order valence-corrected chi connectivity index (χ4v) is 6.01. The molecule has 1 aliphatic carbocycles. The molecule has 1 saturated carbocycles. The molecule has 4 aromatic carbocycles. The molecule has 1 aliphatic rings. The maximum absolute atomic E-state index is 13.3. The van der Waals surface area contributed by atoms with Crippen LogP contribution in [0, 0.1) is 11.8 Å². The zero-order valence-corrected chi connectivity index (χ0v) is 26.3. The Labute approximate surface area is 275 Å². The number of hydrogen-bond donors (Lipinski definition) is 0. The molecule has 0 unspecified atom stereocenters. The van der Waals surface area contributed by atoms with Crippen LogP contribution >= 0.6 is 0 Å². The number of aldehydes is 1. The lowest BCUT2D eigenvalue weighted by Crippen LogP contribution is -2.28. The molecule has 0 spiro atoms. The molecular weight excluding hydrogens is 592 g/mol. The number of carbonyl (C=O) groups is 4. The first-order valence-electron chi connectivity index (χ1n) is 15.9. The van der Waals surface area contributed by atoms with Crippen molar-refractivity contribution in [1.82, 2.24) is 0 Å². The van der Waals surface area contributed by atoms with Crippen molar-refractivity contribution in [2.75, 3.05) is 7.11 Å². The minimum absolute atomic E-state index is 0.210. The van der Waals surface area contributed by atoms with Crippen molar-refractivity contribution < 1.29 is 33.4 Å².